The van der Waals surface area contributed by atoms with Gasteiger partial charge in [0.15, 0.2) is 0 Å². The molecule has 2 atom stereocenters. The molecule has 4 nitrogen and oxygen atoms in total. The number of aliphatic hydroxyl groups is 1. The Morgan fingerprint density at radius 3 is 2.25 bits per heavy atom. The highest BCUT2D eigenvalue weighted by atomic mass is 31.2. The number of benzene rings is 1. The van der Waals surface area contributed by atoms with Crippen LogP contribution in [0.4, 0.5) is 0 Å². The van der Waals surface area contributed by atoms with Gasteiger partial charge in [-0.25, -0.2) is 0 Å². The minimum atomic E-state index is -4.33. The van der Waals surface area contributed by atoms with E-state index in [9.17, 15) is 19.5 Å². The second kappa shape index (κ2) is 5.60. The first-order chi connectivity index (χ1) is 7.46. The number of hydrogen-bond acceptors (Lipinski definition) is 2. The van der Waals surface area contributed by atoms with Gasteiger partial charge in [0.05, 0.1) is 6.10 Å². The van der Waals surface area contributed by atoms with Gasteiger partial charge >= 0.3 is 7.60 Å². The van der Waals surface area contributed by atoms with Crippen LogP contribution in [0.3, 0.4) is 0 Å². The quantitative estimate of drug-likeness (QED) is 0.693. The first-order valence-electron chi connectivity index (χ1n) is 5.25. The first-order valence-corrected chi connectivity index (χ1v) is 6.93. The second-order valence-electron chi connectivity index (χ2n) is 3.80. The average molecular weight is 244 g/mol. The van der Waals surface area contributed by atoms with E-state index in [0.29, 0.717) is 18.4 Å². The Labute approximate surface area is 95.1 Å². The minimum Gasteiger partial charge on any atom is -0.392 e. The molecule has 0 aromatic heterocycles. The van der Waals surface area contributed by atoms with Gasteiger partial charge < -0.3 is 14.9 Å². The summed E-state index contributed by atoms with van der Waals surface area (Å²) in [6.07, 6.45) is 0.0584. The van der Waals surface area contributed by atoms with Gasteiger partial charge in [-0.2, -0.15) is 0 Å². The van der Waals surface area contributed by atoms with Gasteiger partial charge in [0.25, 0.3) is 0 Å². The number of aliphatic hydroxyl groups excluding tert-OH is 1. The lowest BCUT2D eigenvalue weighted by atomic mass is 10.0. The van der Waals surface area contributed by atoms with Crippen LogP contribution in [0, 0.1) is 0 Å². The maximum atomic E-state index is 11.4. The van der Waals surface area contributed by atoms with Crippen LogP contribution in [-0.2, 0) is 4.57 Å². The van der Waals surface area contributed by atoms with Gasteiger partial charge in [-0.05, 0) is 12.0 Å². The van der Waals surface area contributed by atoms with E-state index in [0.717, 1.165) is 0 Å². The van der Waals surface area contributed by atoms with Crippen molar-refractivity contribution < 1.29 is 19.5 Å². The van der Waals surface area contributed by atoms with E-state index in [-0.39, 0.29) is 0 Å². The summed E-state index contributed by atoms with van der Waals surface area (Å²) in [5, 5.41) is 9.81. The van der Waals surface area contributed by atoms with Crippen LogP contribution in [0.25, 0.3) is 0 Å². The Balaban J connectivity index is 3.02. The van der Waals surface area contributed by atoms with E-state index in [1.165, 1.54) is 0 Å². The van der Waals surface area contributed by atoms with Gasteiger partial charge in [-0.1, -0.05) is 43.7 Å². The normalized spacial score (nSPS) is 15.8. The number of rotatable bonds is 5. The fourth-order valence-electron chi connectivity index (χ4n) is 1.74. The lowest BCUT2D eigenvalue weighted by Gasteiger charge is -2.23. The predicted octanol–water partition coefficient (Wildman–Crippen LogP) is 2.07. The van der Waals surface area contributed by atoms with E-state index < -0.39 is 19.4 Å². The molecule has 0 heterocycles. The van der Waals surface area contributed by atoms with E-state index in [1.807, 2.05) is 6.92 Å². The Morgan fingerprint density at radius 2 is 1.81 bits per heavy atom. The van der Waals surface area contributed by atoms with Crippen LogP contribution in [-0.4, -0.2) is 21.0 Å². The van der Waals surface area contributed by atoms with Crippen molar-refractivity contribution in [3.63, 3.8) is 0 Å². The highest BCUT2D eigenvalue weighted by molar-refractivity contribution is 7.52. The monoisotopic (exact) mass is 244 g/mol. The average Bonchev–Trinajstić information content (AvgIpc) is 2.17. The van der Waals surface area contributed by atoms with Gasteiger partial charge in [0, 0.05) is 0 Å². The molecule has 1 rings (SSSR count). The van der Waals surface area contributed by atoms with Crippen molar-refractivity contribution in [1.29, 1.82) is 0 Å². The third-order valence-corrected chi connectivity index (χ3v) is 3.82. The van der Waals surface area contributed by atoms with Gasteiger partial charge in [-0.15, -0.1) is 0 Å². The van der Waals surface area contributed by atoms with E-state index >= 15 is 0 Å². The van der Waals surface area contributed by atoms with Crippen LogP contribution in [0.2, 0.25) is 0 Å². The minimum absolute atomic E-state index is 0.380. The molecule has 0 saturated heterocycles. The SMILES string of the molecule is CCC[C@H](O)[C@H](c1ccccc1)P(=O)(O)O. The van der Waals surface area contributed by atoms with E-state index in [1.54, 1.807) is 30.3 Å². The topological polar surface area (TPSA) is 77.8 Å². The summed E-state index contributed by atoms with van der Waals surface area (Å²) in [5.41, 5.74) is -0.634. The first kappa shape index (κ1) is 13.4. The summed E-state index contributed by atoms with van der Waals surface area (Å²) in [4.78, 5) is 18.6. The van der Waals surface area contributed by atoms with E-state index in [2.05, 4.69) is 0 Å². The van der Waals surface area contributed by atoms with Crippen molar-refractivity contribution in [3.8, 4) is 0 Å². The van der Waals surface area contributed by atoms with Gasteiger partial charge in [0.1, 0.15) is 5.66 Å². The lowest BCUT2D eigenvalue weighted by Crippen LogP contribution is -2.18. The molecule has 0 bridgehead atoms. The second-order valence-corrected chi connectivity index (χ2v) is 5.54. The lowest BCUT2D eigenvalue weighted by molar-refractivity contribution is 0.146. The molecule has 3 N–H and O–H groups in total. The fraction of sp³-hybridized carbons (Fsp3) is 0.455. The molecule has 1 aromatic carbocycles. The predicted molar refractivity (Wildman–Crippen MR) is 62.1 cm³/mol. The van der Waals surface area contributed by atoms with Crippen molar-refractivity contribution in [1.82, 2.24) is 0 Å². The third-order valence-electron chi connectivity index (χ3n) is 2.45. The van der Waals surface area contributed by atoms with Crippen molar-refractivity contribution >= 4 is 7.60 Å². The molecule has 0 amide bonds. The zero-order valence-corrected chi connectivity index (χ0v) is 10.0. The standard InChI is InChI=1S/C11H17O4P/c1-2-6-10(12)11(16(13,14)15)9-7-4-3-5-8-9/h3-5,7-8,10-12H,2,6H2,1H3,(H2,13,14,15)/t10-,11-/m0/s1. The maximum Gasteiger partial charge on any atom is 0.335 e. The third kappa shape index (κ3) is 3.42. The highest BCUT2D eigenvalue weighted by Gasteiger charge is 2.36. The largest absolute Gasteiger partial charge is 0.392 e. The van der Waals surface area contributed by atoms with Crippen LogP contribution >= 0.6 is 7.60 Å². The molecule has 0 aliphatic heterocycles. The van der Waals surface area contributed by atoms with E-state index in [4.69, 9.17) is 0 Å². The Kier molecular flexibility index (Phi) is 4.69. The van der Waals surface area contributed by atoms with Crippen molar-refractivity contribution in [2.45, 2.75) is 31.5 Å². The molecule has 0 aliphatic rings. The van der Waals surface area contributed by atoms with Crippen molar-refractivity contribution in [2.75, 3.05) is 0 Å². The van der Waals surface area contributed by atoms with Crippen LogP contribution in [0.5, 0.6) is 0 Å². The Bertz CT molecular complexity index is 360. The van der Waals surface area contributed by atoms with Crippen LogP contribution < -0.4 is 0 Å². The molecule has 0 unspecified atom stereocenters. The summed E-state index contributed by atoms with van der Waals surface area (Å²) < 4.78 is 11.4. The van der Waals surface area contributed by atoms with Crippen molar-refractivity contribution in [2.24, 2.45) is 0 Å². The van der Waals surface area contributed by atoms with Crippen molar-refractivity contribution in [3.05, 3.63) is 35.9 Å². The summed E-state index contributed by atoms with van der Waals surface area (Å²) in [6.45, 7) is 1.87. The molecule has 0 radical (unpaired) electrons. The van der Waals surface area contributed by atoms with Gasteiger partial charge in [-0.3, -0.25) is 4.57 Å². The summed E-state index contributed by atoms with van der Waals surface area (Å²) >= 11 is 0. The molecular weight excluding hydrogens is 227 g/mol. The highest BCUT2D eigenvalue weighted by Crippen LogP contribution is 2.54. The van der Waals surface area contributed by atoms with Gasteiger partial charge in [0.2, 0.25) is 0 Å². The summed E-state index contributed by atoms with van der Waals surface area (Å²) in [5.74, 6) is 0. The van der Waals surface area contributed by atoms with Crippen LogP contribution in [0.1, 0.15) is 31.0 Å². The summed E-state index contributed by atoms with van der Waals surface area (Å²) in [6, 6.07) is 8.44. The molecule has 16 heavy (non-hydrogen) atoms. The zero-order chi connectivity index (χ0) is 12.2. The fourth-order valence-corrected chi connectivity index (χ4v) is 2.90. The Morgan fingerprint density at radius 1 is 1.25 bits per heavy atom. The molecule has 5 heteroatoms. The maximum absolute atomic E-state index is 11.4. The zero-order valence-electron chi connectivity index (χ0n) is 9.15. The smallest absolute Gasteiger partial charge is 0.335 e. The molecular formula is C11H17O4P. The molecule has 90 valence electrons. The molecule has 0 fully saturated rings. The molecule has 0 spiro atoms. The summed E-state index contributed by atoms with van der Waals surface area (Å²) in [7, 11) is -4.33. The van der Waals surface area contributed by atoms with Crippen LogP contribution in [0.15, 0.2) is 30.3 Å². The molecule has 0 saturated carbocycles. The number of hydrogen-bond donors (Lipinski definition) is 3. The molecule has 0 aliphatic carbocycles. The molecule has 1 aromatic rings. The Hall–Kier alpha value is -0.670.